The van der Waals surface area contributed by atoms with Gasteiger partial charge >= 0.3 is 6.01 Å². The SMILES string of the molecule is COc1ncncn1. The minimum absolute atomic E-state index is 0.347. The van der Waals surface area contributed by atoms with Gasteiger partial charge in [-0.15, -0.1) is 0 Å². The summed E-state index contributed by atoms with van der Waals surface area (Å²) in [6, 6.07) is 0.347. The molecule has 0 atom stereocenters. The summed E-state index contributed by atoms with van der Waals surface area (Å²) in [6.45, 7) is 0. The van der Waals surface area contributed by atoms with Crippen molar-refractivity contribution < 1.29 is 4.74 Å². The average molecular weight is 111 g/mol. The average Bonchev–Trinajstić information content (AvgIpc) is 1.90. The third kappa shape index (κ3) is 0.900. The van der Waals surface area contributed by atoms with Crippen LogP contribution in [-0.4, -0.2) is 22.1 Å². The molecule has 0 bridgehead atoms. The molecule has 0 spiro atoms. The quantitative estimate of drug-likeness (QED) is 0.507. The molecule has 0 saturated heterocycles. The molecule has 1 aromatic rings. The molecule has 0 fully saturated rings. The molecule has 0 unspecified atom stereocenters. The highest BCUT2D eigenvalue weighted by Crippen LogP contribution is 1.90. The summed E-state index contributed by atoms with van der Waals surface area (Å²) in [5.74, 6) is 0. The number of methoxy groups -OCH3 is 1. The fraction of sp³-hybridized carbons (Fsp3) is 0.250. The van der Waals surface area contributed by atoms with Gasteiger partial charge in [0.05, 0.1) is 7.11 Å². The third-order valence-corrected chi connectivity index (χ3v) is 0.652. The molecule has 0 N–H and O–H groups in total. The first kappa shape index (κ1) is 4.96. The van der Waals surface area contributed by atoms with Crippen LogP contribution in [0.1, 0.15) is 0 Å². The number of ether oxygens (including phenoxy) is 1. The van der Waals surface area contributed by atoms with Crippen LogP contribution < -0.4 is 4.74 Å². The van der Waals surface area contributed by atoms with E-state index < -0.39 is 0 Å². The van der Waals surface area contributed by atoms with Gasteiger partial charge in [0.2, 0.25) is 0 Å². The molecular weight excluding hydrogens is 106 g/mol. The van der Waals surface area contributed by atoms with Crippen LogP contribution in [0.15, 0.2) is 12.7 Å². The molecule has 4 nitrogen and oxygen atoms in total. The maximum absolute atomic E-state index is 4.65. The Hall–Kier alpha value is -1.19. The normalized spacial score (nSPS) is 8.62. The maximum atomic E-state index is 4.65. The first-order valence-electron chi connectivity index (χ1n) is 2.09. The van der Waals surface area contributed by atoms with Crippen molar-refractivity contribution in [2.45, 2.75) is 0 Å². The van der Waals surface area contributed by atoms with E-state index in [0.717, 1.165) is 0 Å². The van der Waals surface area contributed by atoms with E-state index in [2.05, 4.69) is 19.7 Å². The maximum Gasteiger partial charge on any atom is 0.319 e. The Morgan fingerprint density at radius 3 is 2.38 bits per heavy atom. The standard InChI is InChI=1S/C4H5N3O/c1-8-4-6-2-5-3-7-4/h2-3H,1H3. The lowest BCUT2D eigenvalue weighted by atomic mass is 11.0. The molecule has 0 radical (unpaired) electrons. The number of hydrogen-bond donors (Lipinski definition) is 0. The lowest BCUT2D eigenvalue weighted by molar-refractivity contribution is 0.378. The zero-order valence-electron chi connectivity index (χ0n) is 4.40. The molecular formula is C4H5N3O. The first-order valence-corrected chi connectivity index (χ1v) is 2.09. The van der Waals surface area contributed by atoms with Gasteiger partial charge in [-0.05, 0) is 0 Å². The summed E-state index contributed by atoms with van der Waals surface area (Å²) >= 11 is 0. The van der Waals surface area contributed by atoms with Crippen molar-refractivity contribution >= 4 is 0 Å². The zero-order chi connectivity index (χ0) is 5.82. The van der Waals surface area contributed by atoms with Gasteiger partial charge in [0.15, 0.2) is 0 Å². The van der Waals surface area contributed by atoms with Crippen molar-refractivity contribution in [3.05, 3.63) is 12.7 Å². The topological polar surface area (TPSA) is 47.9 Å². The van der Waals surface area contributed by atoms with Gasteiger partial charge in [-0.2, -0.15) is 9.97 Å². The predicted molar refractivity (Wildman–Crippen MR) is 26.4 cm³/mol. The van der Waals surface area contributed by atoms with E-state index in [0.29, 0.717) is 6.01 Å². The molecule has 0 aliphatic heterocycles. The smallest absolute Gasteiger partial charge is 0.319 e. The van der Waals surface area contributed by atoms with Crippen LogP contribution in [0.3, 0.4) is 0 Å². The highest BCUT2D eigenvalue weighted by molar-refractivity contribution is 4.85. The lowest BCUT2D eigenvalue weighted by Gasteiger charge is -1.90. The van der Waals surface area contributed by atoms with Crippen LogP contribution in [0, 0.1) is 0 Å². The highest BCUT2D eigenvalue weighted by atomic mass is 16.5. The van der Waals surface area contributed by atoms with Crippen molar-refractivity contribution in [3.8, 4) is 6.01 Å². The van der Waals surface area contributed by atoms with Crippen LogP contribution in [0.4, 0.5) is 0 Å². The third-order valence-electron chi connectivity index (χ3n) is 0.652. The van der Waals surface area contributed by atoms with Crippen LogP contribution in [-0.2, 0) is 0 Å². The molecule has 0 aliphatic carbocycles. The first-order chi connectivity index (χ1) is 3.93. The second kappa shape index (κ2) is 2.20. The monoisotopic (exact) mass is 111 g/mol. The predicted octanol–water partition coefficient (Wildman–Crippen LogP) is -0.120. The molecule has 8 heavy (non-hydrogen) atoms. The van der Waals surface area contributed by atoms with E-state index in [9.17, 15) is 0 Å². The van der Waals surface area contributed by atoms with Gasteiger partial charge in [-0.1, -0.05) is 0 Å². The summed E-state index contributed by atoms with van der Waals surface area (Å²) in [7, 11) is 1.51. The number of hydrogen-bond acceptors (Lipinski definition) is 4. The van der Waals surface area contributed by atoms with Crippen molar-refractivity contribution in [3.63, 3.8) is 0 Å². The molecule has 42 valence electrons. The highest BCUT2D eigenvalue weighted by Gasteiger charge is 1.85. The van der Waals surface area contributed by atoms with E-state index in [1.54, 1.807) is 0 Å². The number of aromatic nitrogens is 3. The molecule has 4 heteroatoms. The summed E-state index contributed by atoms with van der Waals surface area (Å²) in [6.07, 6.45) is 2.76. The summed E-state index contributed by atoms with van der Waals surface area (Å²) in [5, 5.41) is 0. The van der Waals surface area contributed by atoms with Crippen molar-refractivity contribution in [2.75, 3.05) is 7.11 Å². The number of rotatable bonds is 1. The van der Waals surface area contributed by atoms with Crippen LogP contribution in [0.5, 0.6) is 6.01 Å². The molecule has 1 heterocycles. The zero-order valence-corrected chi connectivity index (χ0v) is 4.40. The van der Waals surface area contributed by atoms with E-state index in [1.807, 2.05) is 0 Å². The van der Waals surface area contributed by atoms with E-state index in [4.69, 9.17) is 0 Å². The van der Waals surface area contributed by atoms with Gasteiger partial charge in [-0.3, -0.25) is 0 Å². The number of nitrogens with zero attached hydrogens (tertiary/aromatic N) is 3. The van der Waals surface area contributed by atoms with Gasteiger partial charge in [0.25, 0.3) is 0 Å². The Bertz CT molecular complexity index is 153. The van der Waals surface area contributed by atoms with Crippen molar-refractivity contribution in [2.24, 2.45) is 0 Å². The lowest BCUT2D eigenvalue weighted by Crippen LogP contribution is -1.89. The fourth-order valence-corrected chi connectivity index (χ4v) is 0.334. The Kier molecular flexibility index (Phi) is 1.37. The summed E-state index contributed by atoms with van der Waals surface area (Å²) < 4.78 is 4.65. The second-order valence-electron chi connectivity index (χ2n) is 1.12. The van der Waals surface area contributed by atoms with E-state index in [-0.39, 0.29) is 0 Å². The van der Waals surface area contributed by atoms with Gasteiger partial charge < -0.3 is 4.74 Å². The molecule has 1 rings (SSSR count). The largest absolute Gasteiger partial charge is 0.467 e. The molecule has 1 aromatic heterocycles. The Morgan fingerprint density at radius 2 is 2.00 bits per heavy atom. The minimum atomic E-state index is 0.347. The minimum Gasteiger partial charge on any atom is -0.467 e. The van der Waals surface area contributed by atoms with Crippen molar-refractivity contribution in [1.29, 1.82) is 0 Å². The molecule has 0 saturated carbocycles. The Morgan fingerprint density at radius 1 is 1.38 bits per heavy atom. The summed E-state index contributed by atoms with van der Waals surface area (Å²) in [4.78, 5) is 10.9. The fourth-order valence-electron chi connectivity index (χ4n) is 0.334. The van der Waals surface area contributed by atoms with Gasteiger partial charge in [0, 0.05) is 0 Å². The van der Waals surface area contributed by atoms with Gasteiger partial charge in [0.1, 0.15) is 12.7 Å². The van der Waals surface area contributed by atoms with Crippen LogP contribution in [0.25, 0.3) is 0 Å². The molecule has 0 amide bonds. The van der Waals surface area contributed by atoms with Crippen molar-refractivity contribution in [1.82, 2.24) is 15.0 Å². The Balaban J connectivity index is 2.83. The van der Waals surface area contributed by atoms with Crippen LogP contribution >= 0.6 is 0 Å². The summed E-state index contributed by atoms with van der Waals surface area (Å²) in [5.41, 5.74) is 0. The molecule has 0 aliphatic rings. The van der Waals surface area contributed by atoms with Crippen LogP contribution in [0.2, 0.25) is 0 Å². The van der Waals surface area contributed by atoms with E-state index >= 15 is 0 Å². The van der Waals surface area contributed by atoms with Gasteiger partial charge in [-0.25, -0.2) is 4.98 Å². The molecule has 0 aromatic carbocycles. The van der Waals surface area contributed by atoms with E-state index in [1.165, 1.54) is 19.8 Å². The Labute approximate surface area is 46.6 Å². The second-order valence-corrected chi connectivity index (χ2v) is 1.12.